The SMILES string of the molecule is CCCCCCC(O)C[N+](CCO)(CC(O)CCCCCC)C(CCC)C(=O)[O-]. The summed E-state index contributed by atoms with van der Waals surface area (Å²) < 4.78 is -0.00341. The van der Waals surface area contributed by atoms with Crippen LogP contribution in [0.3, 0.4) is 0 Å². The smallest absolute Gasteiger partial charge is 0.129 e. The van der Waals surface area contributed by atoms with Crippen LogP contribution in [0.2, 0.25) is 0 Å². The van der Waals surface area contributed by atoms with Crippen molar-refractivity contribution < 1.29 is 29.7 Å². The minimum Gasteiger partial charge on any atom is -0.544 e. The summed E-state index contributed by atoms with van der Waals surface area (Å²) in [5.41, 5.74) is 0. The number of rotatable bonds is 20. The van der Waals surface area contributed by atoms with Crippen LogP contribution in [-0.2, 0) is 4.79 Å². The van der Waals surface area contributed by atoms with Crippen LogP contribution in [0.25, 0.3) is 0 Å². The molecule has 0 aliphatic carbocycles. The molecule has 0 aromatic carbocycles. The average molecular weight is 418 g/mol. The number of nitrogens with zero attached hydrogens (tertiary/aromatic N) is 1. The van der Waals surface area contributed by atoms with Crippen molar-refractivity contribution in [3.63, 3.8) is 0 Å². The van der Waals surface area contributed by atoms with Gasteiger partial charge in [-0.05, 0) is 12.8 Å². The summed E-state index contributed by atoms with van der Waals surface area (Å²) in [6.45, 7) is 6.68. The first-order chi connectivity index (χ1) is 13.9. The van der Waals surface area contributed by atoms with Crippen LogP contribution >= 0.6 is 0 Å². The molecule has 0 saturated heterocycles. The molecule has 29 heavy (non-hydrogen) atoms. The van der Waals surface area contributed by atoms with Gasteiger partial charge < -0.3 is 29.7 Å². The summed E-state index contributed by atoms with van der Waals surface area (Å²) in [6.07, 6.45) is 9.39. The Labute approximate surface area is 178 Å². The highest BCUT2D eigenvalue weighted by Crippen LogP contribution is 2.23. The zero-order valence-corrected chi connectivity index (χ0v) is 19.2. The monoisotopic (exact) mass is 417 g/mol. The lowest BCUT2D eigenvalue weighted by Crippen LogP contribution is -2.67. The number of hydrogen-bond donors (Lipinski definition) is 3. The van der Waals surface area contributed by atoms with Gasteiger partial charge in [0.15, 0.2) is 0 Å². The van der Waals surface area contributed by atoms with Crippen molar-refractivity contribution in [2.75, 3.05) is 26.2 Å². The molecule has 6 nitrogen and oxygen atoms in total. The lowest BCUT2D eigenvalue weighted by atomic mass is 10.00. The van der Waals surface area contributed by atoms with Crippen molar-refractivity contribution in [2.45, 2.75) is 116 Å². The van der Waals surface area contributed by atoms with E-state index in [-0.39, 0.29) is 30.7 Å². The molecule has 3 N–H and O–H groups in total. The van der Waals surface area contributed by atoms with E-state index < -0.39 is 24.2 Å². The van der Waals surface area contributed by atoms with Gasteiger partial charge in [-0.3, -0.25) is 0 Å². The number of carbonyl (C=O) groups excluding carboxylic acids is 1. The molecule has 0 fully saturated rings. The molecule has 0 bridgehead atoms. The topological polar surface area (TPSA) is 101 Å². The molecule has 0 amide bonds. The first-order valence-electron chi connectivity index (χ1n) is 11.9. The fourth-order valence-corrected chi connectivity index (χ4v) is 4.39. The number of quaternary nitrogens is 1. The van der Waals surface area contributed by atoms with Crippen LogP contribution in [0.4, 0.5) is 0 Å². The molecular formula is C23H47NO5. The molecule has 174 valence electrons. The van der Waals surface area contributed by atoms with Crippen molar-refractivity contribution in [1.82, 2.24) is 0 Å². The van der Waals surface area contributed by atoms with Gasteiger partial charge in [-0.25, -0.2) is 0 Å². The Hall–Kier alpha value is -0.690. The molecule has 0 aliphatic heterocycles. The second kappa shape index (κ2) is 17.0. The summed E-state index contributed by atoms with van der Waals surface area (Å²) in [6, 6.07) is -0.831. The van der Waals surface area contributed by atoms with Crippen LogP contribution in [0.5, 0.6) is 0 Å². The number of unbranched alkanes of at least 4 members (excludes halogenated alkanes) is 6. The highest BCUT2D eigenvalue weighted by molar-refractivity contribution is 5.69. The second-order valence-electron chi connectivity index (χ2n) is 8.66. The largest absolute Gasteiger partial charge is 0.544 e. The van der Waals surface area contributed by atoms with Gasteiger partial charge in [0.05, 0.1) is 12.6 Å². The molecular weight excluding hydrogens is 370 g/mol. The van der Waals surface area contributed by atoms with Crippen LogP contribution in [0.15, 0.2) is 0 Å². The molecule has 0 heterocycles. The summed E-state index contributed by atoms with van der Waals surface area (Å²) in [5.74, 6) is -1.16. The van der Waals surface area contributed by atoms with Crippen LogP contribution in [0, 0.1) is 0 Å². The van der Waals surface area contributed by atoms with Gasteiger partial charge in [0, 0.05) is 6.42 Å². The third-order valence-corrected chi connectivity index (χ3v) is 5.97. The number of aliphatic hydroxyl groups excluding tert-OH is 3. The molecule has 0 aromatic heterocycles. The number of aliphatic carboxylic acids is 1. The Kier molecular flexibility index (Phi) is 16.6. The highest BCUT2D eigenvalue weighted by Gasteiger charge is 2.40. The van der Waals surface area contributed by atoms with E-state index in [9.17, 15) is 25.2 Å². The third kappa shape index (κ3) is 11.9. The van der Waals surface area contributed by atoms with E-state index in [4.69, 9.17) is 0 Å². The van der Waals surface area contributed by atoms with E-state index in [1.165, 1.54) is 0 Å². The van der Waals surface area contributed by atoms with Crippen molar-refractivity contribution in [2.24, 2.45) is 0 Å². The molecule has 3 atom stereocenters. The summed E-state index contributed by atoms with van der Waals surface area (Å²) >= 11 is 0. The van der Waals surface area contributed by atoms with E-state index in [1.54, 1.807) is 0 Å². The van der Waals surface area contributed by atoms with Crippen molar-refractivity contribution in [1.29, 1.82) is 0 Å². The van der Waals surface area contributed by atoms with Gasteiger partial charge in [-0.1, -0.05) is 78.6 Å². The second-order valence-corrected chi connectivity index (χ2v) is 8.66. The Balaban J connectivity index is 5.33. The molecule has 3 unspecified atom stereocenters. The zero-order chi connectivity index (χ0) is 22.1. The fourth-order valence-electron chi connectivity index (χ4n) is 4.39. The summed E-state index contributed by atoms with van der Waals surface area (Å²) in [4.78, 5) is 12.0. The van der Waals surface area contributed by atoms with Gasteiger partial charge >= 0.3 is 0 Å². The third-order valence-electron chi connectivity index (χ3n) is 5.97. The van der Waals surface area contributed by atoms with E-state index in [0.717, 1.165) is 51.4 Å². The Morgan fingerprint density at radius 2 is 1.28 bits per heavy atom. The zero-order valence-electron chi connectivity index (χ0n) is 19.2. The lowest BCUT2D eigenvalue weighted by Gasteiger charge is -2.47. The van der Waals surface area contributed by atoms with Gasteiger partial charge in [-0.15, -0.1) is 0 Å². The Morgan fingerprint density at radius 1 is 0.793 bits per heavy atom. The Morgan fingerprint density at radius 3 is 1.62 bits per heavy atom. The standard InChI is InChI=1S/C23H47NO5/c1-4-7-9-11-14-20(26)18-24(16-17-25,22(13-6-3)23(28)29)19-21(27)15-12-10-8-5-2/h20-22,25-27H,4-19H2,1-3H3. The quantitative estimate of drug-likeness (QED) is 0.209. The van der Waals surface area contributed by atoms with E-state index in [1.807, 2.05) is 6.92 Å². The van der Waals surface area contributed by atoms with Crippen LogP contribution in [-0.4, -0.2) is 70.3 Å². The van der Waals surface area contributed by atoms with Gasteiger partial charge in [0.1, 0.15) is 37.9 Å². The van der Waals surface area contributed by atoms with Gasteiger partial charge in [-0.2, -0.15) is 0 Å². The minimum absolute atomic E-state index is 0.00341. The Bertz CT molecular complexity index is 385. The lowest BCUT2D eigenvalue weighted by molar-refractivity contribution is -0.950. The molecule has 6 heteroatoms. The molecule has 0 aliphatic rings. The van der Waals surface area contributed by atoms with Crippen molar-refractivity contribution in [3.05, 3.63) is 0 Å². The predicted octanol–water partition coefficient (Wildman–Crippen LogP) is 2.38. The maximum absolute atomic E-state index is 12.0. The summed E-state index contributed by atoms with van der Waals surface area (Å²) in [7, 11) is 0. The fraction of sp³-hybridized carbons (Fsp3) is 0.957. The highest BCUT2D eigenvalue weighted by atomic mass is 16.4. The molecule has 0 radical (unpaired) electrons. The number of hydrogen-bond acceptors (Lipinski definition) is 5. The van der Waals surface area contributed by atoms with Crippen LogP contribution in [0.1, 0.15) is 97.8 Å². The maximum atomic E-state index is 12.0. The first kappa shape index (κ1) is 28.3. The van der Waals surface area contributed by atoms with Crippen molar-refractivity contribution in [3.8, 4) is 0 Å². The number of carboxylic acid groups (broad SMARTS) is 1. The summed E-state index contributed by atoms with van der Waals surface area (Å²) in [5, 5.41) is 43.1. The van der Waals surface area contributed by atoms with Crippen molar-refractivity contribution >= 4 is 5.97 Å². The molecule has 0 aromatic rings. The van der Waals surface area contributed by atoms with E-state index >= 15 is 0 Å². The normalized spacial score (nSPS) is 16.9. The first-order valence-corrected chi connectivity index (χ1v) is 11.9. The van der Waals surface area contributed by atoms with Gasteiger partial charge in [0.25, 0.3) is 0 Å². The number of carboxylic acids is 1. The van der Waals surface area contributed by atoms with E-state index in [0.29, 0.717) is 25.7 Å². The predicted molar refractivity (Wildman–Crippen MR) is 115 cm³/mol. The molecule has 0 spiro atoms. The molecule has 0 saturated carbocycles. The minimum atomic E-state index is -1.16. The molecule has 0 rings (SSSR count). The van der Waals surface area contributed by atoms with Gasteiger partial charge in [0.2, 0.25) is 0 Å². The number of aliphatic hydroxyl groups is 3. The van der Waals surface area contributed by atoms with Crippen LogP contribution < -0.4 is 5.11 Å². The van der Waals surface area contributed by atoms with E-state index in [2.05, 4.69) is 13.8 Å². The average Bonchev–Trinajstić information content (AvgIpc) is 2.66. The maximum Gasteiger partial charge on any atom is 0.129 e. The number of carbonyl (C=O) groups is 1.